The third-order valence-electron chi connectivity index (χ3n) is 6.18. The first-order valence-electron chi connectivity index (χ1n) is 9.88. The number of hydrogen-bond acceptors (Lipinski definition) is 2. The van der Waals surface area contributed by atoms with E-state index in [9.17, 15) is 18.4 Å². The predicted molar refractivity (Wildman–Crippen MR) is 127 cm³/mol. The van der Waals surface area contributed by atoms with Crippen LogP contribution in [0.2, 0.25) is 15.1 Å². The minimum atomic E-state index is -2.77. The Morgan fingerprint density at radius 1 is 1.00 bits per heavy atom. The Morgan fingerprint density at radius 3 is 2.18 bits per heavy atom. The van der Waals surface area contributed by atoms with Gasteiger partial charge in [0.1, 0.15) is 4.33 Å². The molecule has 2 saturated carbocycles. The van der Waals surface area contributed by atoms with E-state index in [0.717, 1.165) is 0 Å². The van der Waals surface area contributed by atoms with Gasteiger partial charge in [0.15, 0.2) is 0 Å². The Kier molecular flexibility index (Phi) is 6.33. The number of rotatable bonds is 5. The number of nitrogens with one attached hydrogen (secondary N) is 2. The van der Waals surface area contributed by atoms with E-state index in [1.807, 2.05) is 0 Å². The number of hydrogen-bond donors (Lipinski definition) is 2. The number of halogens is 7. The summed E-state index contributed by atoms with van der Waals surface area (Å²) >= 11 is 31.3. The summed E-state index contributed by atoms with van der Waals surface area (Å²) in [7, 11) is 0. The average molecular weight is 557 g/mol. The van der Waals surface area contributed by atoms with Crippen LogP contribution in [0.25, 0.3) is 0 Å². The van der Waals surface area contributed by atoms with Gasteiger partial charge in [-0.3, -0.25) is 9.59 Å². The zero-order chi connectivity index (χ0) is 24.3. The van der Waals surface area contributed by atoms with Crippen molar-refractivity contribution in [1.29, 1.82) is 0 Å². The number of anilines is 1. The summed E-state index contributed by atoms with van der Waals surface area (Å²) in [6.07, 6.45) is -0.845. The molecule has 0 bridgehead atoms. The molecular weight excluding hydrogens is 540 g/mol. The van der Waals surface area contributed by atoms with Crippen LogP contribution in [-0.4, -0.2) is 28.1 Å². The van der Waals surface area contributed by atoms with Crippen LogP contribution in [0.1, 0.15) is 35.7 Å². The SMILES string of the molecule is C[C@@]1(c2cc(Cl)cc(Cl)c2)[C@@H](C(=O)Nc2ccc(Cl)c(C(=O)NC3CC(F)(F)C3)c2)C1(Cl)Cl. The van der Waals surface area contributed by atoms with Crippen LogP contribution in [0, 0.1) is 5.92 Å². The number of amides is 2. The molecule has 2 amide bonds. The first kappa shape index (κ1) is 24.8. The van der Waals surface area contributed by atoms with Crippen LogP contribution in [0.3, 0.4) is 0 Å². The van der Waals surface area contributed by atoms with E-state index in [-0.39, 0.29) is 16.3 Å². The van der Waals surface area contributed by atoms with E-state index in [1.165, 1.54) is 18.2 Å². The zero-order valence-electron chi connectivity index (χ0n) is 17.0. The van der Waals surface area contributed by atoms with Gasteiger partial charge in [-0.25, -0.2) is 8.78 Å². The van der Waals surface area contributed by atoms with Gasteiger partial charge in [-0.1, -0.05) is 64.9 Å². The molecule has 0 aliphatic heterocycles. The third-order valence-corrected chi connectivity index (χ3v) is 8.16. The number of carbonyl (C=O) groups excluding carboxylic acids is 2. The van der Waals surface area contributed by atoms with E-state index in [2.05, 4.69) is 10.6 Å². The molecule has 2 aliphatic rings. The maximum Gasteiger partial charge on any atom is 0.253 e. The molecule has 4 rings (SSSR count). The van der Waals surface area contributed by atoms with Crippen LogP contribution in [0.15, 0.2) is 36.4 Å². The lowest BCUT2D eigenvalue weighted by molar-refractivity contribution is -0.117. The fourth-order valence-corrected chi connectivity index (χ4v) is 5.88. The summed E-state index contributed by atoms with van der Waals surface area (Å²) in [5, 5.41) is 6.10. The highest BCUT2D eigenvalue weighted by atomic mass is 35.5. The fourth-order valence-electron chi connectivity index (χ4n) is 4.19. The minimum Gasteiger partial charge on any atom is -0.349 e. The molecule has 33 heavy (non-hydrogen) atoms. The smallest absolute Gasteiger partial charge is 0.253 e. The molecule has 2 aromatic carbocycles. The van der Waals surface area contributed by atoms with E-state index < -0.39 is 52.3 Å². The highest BCUT2D eigenvalue weighted by Crippen LogP contribution is 2.70. The van der Waals surface area contributed by atoms with Gasteiger partial charge in [0, 0.05) is 40.0 Å². The van der Waals surface area contributed by atoms with Crippen molar-refractivity contribution in [3.63, 3.8) is 0 Å². The predicted octanol–water partition coefficient (Wildman–Crippen LogP) is 6.87. The normalized spacial score (nSPS) is 25.2. The molecular formula is C22H17Cl5F2N2O2. The molecule has 0 unspecified atom stereocenters. The van der Waals surface area contributed by atoms with E-state index in [0.29, 0.717) is 15.6 Å². The lowest BCUT2D eigenvalue weighted by atomic mass is 9.88. The second-order valence-electron chi connectivity index (χ2n) is 8.53. The van der Waals surface area contributed by atoms with Gasteiger partial charge in [-0.15, -0.1) is 0 Å². The van der Waals surface area contributed by atoms with E-state index in [1.54, 1.807) is 25.1 Å². The van der Waals surface area contributed by atoms with Gasteiger partial charge in [0.2, 0.25) is 5.91 Å². The first-order valence-corrected chi connectivity index (χ1v) is 11.8. The molecule has 2 fully saturated rings. The molecule has 0 spiro atoms. The Balaban J connectivity index is 1.51. The van der Waals surface area contributed by atoms with Crippen molar-refractivity contribution in [3.05, 3.63) is 62.6 Å². The minimum absolute atomic E-state index is 0.0490. The monoisotopic (exact) mass is 554 g/mol. The number of benzene rings is 2. The molecule has 2 N–H and O–H groups in total. The summed E-state index contributed by atoms with van der Waals surface area (Å²) < 4.78 is 24.7. The van der Waals surface area contributed by atoms with Crippen LogP contribution < -0.4 is 10.6 Å². The van der Waals surface area contributed by atoms with Gasteiger partial charge in [0.25, 0.3) is 11.8 Å². The molecule has 2 aliphatic carbocycles. The van der Waals surface area contributed by atoms with E-state index >= 15 is 0 Å². The van der Waals surface area contributed by atoms with Crippen molar-refractivity contribution >= 4 is 75.5 Å². The second kappa shape index (κ2) is 8.42. The molecule has 4 nitrogen and oxygen atoms in total. The van der Waals surface area contributed by atoms with Crippen molar-refractivity contribution in [2.45, 2.75) is 41.5 Å². The highest BCUT2D eigenvalue weighted by Gasteiger charge is 2.77. The molecule has 0 heterocycles. The van der Waals surface area contributed by atoms with Crippen molar-refractivity contribution in [2.75, 3.05) is 5.32 Å². The third kappa shape index (κ3) is 4.53. The van der Waals surface area contributed by atoms with Crippen molar-refractivity contribution < 1.29 is 18.4 Å². The van der Waals surface area contributed by atoms with Gasteiger partial charge in [-0.05, 0) is 42.0 Å². The lowest BCUT2D eigenvalue weighted by Gasteiger charge is -2.35. The molecule has 2 atom stereocenters. The Bertz CT molecular complexity index is 1130. The zero-order valence-corrected chi connectivity index (χ0v) is 20.8. The van der Waals surface area contributed by atoms with Crippen molar-refractivity contribution in [2.24, 2.45) is 5.92 Å². The summed E-state index contributed by atoms with van der Waals surface area (Å²) in [5.74, 6) is -4.69. The fraction of sp³-hybridized carbons (Fsp3) is 0.364. The maximum absolute atomic E-state index is 13.1. The Morgan fingerprint density at radius 2 is 1.61 bits per heavy atom. The molecule has 176 valence electrons. The van der Waals surface area contributed by atoms with Gasteiger partial charge >= 0.3 is 0 Å². The van der Waals surface area contributed by atoms with Crippen LogP contribution >= 0.6 is 58.0 Å². The molecule has 0 saturated heterocycles. The Labute approximate surface area is 213 Å². The standard InChI is InChI=1S/C22H17Cl5F2N2O2/c1-20(10-4-11(23)6-12(24)5-10)17(22(20,26)27)19(33)30-13-2-3-16(25)15(7-13)18(32)31-14-8-21(28,29)9-14/h2-7,14,17H,8-9H2,1H3,(H,30,33)(H,31,32)/t17-,20-/m1/s1. The first-order chi connectivity index (χ1) is 15.2. The van der Waals surface area contributed by atoms with Crippen molar-refractivity contribution in [1.82, 2.24) is 5.32 Å². The van der Waals surface area contributed by atoms with Gasteiger partial charge < -0.3 is 10.6 Å². The maximum atomic E-state index is 13.1. The Hall–Kier alpha value is -1.31. The highest BCUT2D eigenvalue weighted by molar-refractivity contribution is 6.54. The summed E-state index contributed by atoms with van der Waals surface area (Å²) in [5.41, 5.74) is -0.0286. The van der Waals surface area contributed by atoms with Crippen LogP contribution in [0.5, 0.6) is 0 Å². The largest absolute Gasteiger partial charge is 0.349 e. The van der Waals surface area contributed by atoms with Crippen molar-refractivity contribution in [3.8, 4) is 0 Å². The molecule has 11 heteroatoms. The number of carbonyl (C=O) groups is 2. The summed E-state index contributed by atoms with van der Waals surface area (Å²) in [6, 6.07) is 8.53. The average Bonchev–Trinajstić information content (AvgIpc) is 3.14. The lowest BCUT2D eigenvalue weighted by Crippen LogP contribution is -2.50. The van der Waals surface area contributed by atoms with Gasteiger partial charge in [0.05, 0.1) is 16.5 Å². The summed E-state index contributed by atoms with van der Waals surface area (Å²) in [6.45, 7) is 1.73. The molecule has 2 aromatic rings. The van der Waals surface area contributed by atoms with Gasteiger partial charge in [-0.2, -0.15) is 0 Å². The topological polar surface area (TPSA) is 58.2 Å². The number of alkyl halides is 4. The molecule has 0 aromatic heterocycles. The summed E-state index contributed by atoms with van der Waals surface area (Å²) in [4.78, 5) is 25.6. The van der Waals surface area contributed by atoms with E-state index in [4.69, 9.17) is 58.0 Å². The second-order valence-corrected chi connectivity index (χ2v) is 11.2. The van der Waals surface area contributed by atoms with Crippen LogP contribution in [0.4, 0.5) is 14.5 Å². The molecule has 0 radical (unpaired) electrons. The van der Waals surface area contributed by atoms with Crippen LogP contribution in [-0.2, 0) is 10.2 Å². The quantitative estimate of drug-likeness (QED) is 0.395.